The summed E-state index contributed by atoms with van der Waals surface area (Å²) in [4.78, 5) is 10.3. The van der Waals surface area contributed by atoms with E-state index in [-0.39, 0.29) is 11.4 Å². The van der Waals surface area contributed by atoms with Gasteiger partial charge in [-0.15, -0.1) is 0 Å². The first-order valence-electron chi connectivity index (χ1n) is 9.83. The van der Waals surface area contributed by atoms with Gasteiger partial charge in [0.1, 0.15) is 0 Å². The second-order valence-corrected chi connectivity index (χ2v) is 8.38. The van der Waals surface area contributed by atoms with Crippen LogP contribution in [-0.2, 0) is 19.2 Å². The number of nitrogens with one attached hydrogen (secondary N) is 1. The van der Waals surface area contributed by atoms with Crippen LogP contribution in [0.15, 0.2) is 12.3 Å². The average molecular weight is 376 g/mol. The molecule has 0 aliphatic rings. The number of hydroxylamine groups is 1. The number of hydrogen-bond donors (Lipinski definition) is 1. The van der Waals surface area contributed by atoms with Crippen LogP contribution in [0.25, 0.3) is 0 Å². The monoisotopic (exact) mass is 375 g/mol. The molecule has 0 aromatic rings. The average Bonchev–Trinajstić information content (AvgIpc) is 2.60. The highest BCUT2D eigenvalue weighted by Crippen LogP contribution is 2.13. The van der Waals surface area contributed by atoms with Gasteiger partial charge in [0.2, 0.25) is 0 Å². The van der Waals surface area contributed by atoms with Crippen molar-refractivity contribution in [3.05, 3.63) is 12.3 Å². The van der Waals surface area contributed by atoms with E-state index in [1.165, 1.54) is 64.2 Å². The van der Waals surface area contributed by atoms with Crippen molar-refractivity contribution in [1.29, 1.82) is 0 Å². The predicted molar refractivity (Wildman–Crippen MR) is 104 cm³/mol. The summed E-state index contributed by atoms with van der Waals surface area (Å²) in [5.41, 5.74) is 1.91. The maximum Gasteiger partial charge on any atom is 0.287 e. The number of rotatable bonds is 19. The van der Waals surface area contributed by atoms with E-state index in [1.54, 1.807) is 0 Å². The Morgan fingerprint density at radius 2 is 1.24 bits per heavy atom. The third-order valence-electron chi connectivity index (χ3n) is 4.19. The van der Waals surface area contributed by atoms with Crippen molar-refractivity contribution in [2.45, 2.75) is 96.8 Å². The molecule has 0 fully saturated rings. The zero-order valence-corrected chi connectivity index (χ0v) is 16.7. The molecule has 5 nitrogen and oxygen atoms in total. The van der Waals surface area contributed by atoms with Gasteiger partial charge in [-0.3, -0.25) is 4.79 Å². The van der Waals surface area contributed by atoms with Gasteiger partial charge < -0.3 is 0 Å². The van der Waals surface area contributed by atoms with Crippen LogP contribution in [0.4, 0.5) is 0 Å². The minimum atomic E-state index is -3.63. The Labute approximate surface area is 154 Å². The highest BCUT2D eigenvalue weighted by Gasteiger charge is 2.11. The first kappa shape index (κ1) is 24.1. The van der Waals surface area contributed by atoms with E-state index in [1.807, 2.05) is 5.48 Å². The van der Waals surface area contributed by atoms with E-state index < -0.39 is 10.1 Å². The molecule has 0 heterocycles. The molecule has 148 valence electrons. The number of hydrogen-bond acceptors (Lipinski definition) is 5. The van der Waals surface area contributed by atoms with Gasteiger partial charge in [0.05, 0.1) is 11.4 Å². The second-order valence-electron chi connectivity index (χ2n) is 6.69. The molecule has 0 aromatic heterocycles. The Morgan fingerprint density at radius 3 is 1.64 bits per heavy atom. The fourth-order valence-corrected chi connectivity index (χ4v) is 3.53. The number of carbonyl (C=O) groups excluding carboxylic acids is 1. The van der Waals surface area contributed by atoms with Crippen molar-refractivity contribution < 1.29 is 17.5 Å². The molecule has 0 aromatic carbocycles. The van der Waals surface area contributed by atoms with Crippen molar-refractivity contribution >= 4 is 16.4 Å². The Bertz CT molecular complexity index is 435. The second kappa shape index (κ2) is 16.6. The minimum Gasteiger partial charge on any atom is -0.296 e. The fraction of sp³-hybridized carbons (Fsp3) is 0.842. The summed E-state index contributed by atoms with van der Waals surface area (Å²) in [6.07, 6.45) is 17.5. The summed E-state index contributed by atoms with van der Waals surface area (Å²) in [5, 5.41) is 0. The number of allylic oxidation sites excluding steroid dienone is 1. The van der Waals surface area contributed by atoms with Crippen molar-refractivity contribution in [3.8, 4) is 0 Å². The highest BCUT2D eigenvalue weighted by molar-refractivity contribution is 7.86. The topological polar surface area (TPSA) is 72.5 Å². The van der Waals surface area contributed by atoms with Crippen LogP contribution in [0.2, 0.25) is 0 Å². The molecule has 0 spiro atoms. The third-order valence-corrected chi connectivity index (χ3v) is 5.32. The molecule has 0 unspecified atom stereocenters. The van der Waals surface area contributed by atoms with Gasteiger partial charge in [-0.25, -0.2) is 5.48 Å². The van der Waals surface area contributed by atoms with Gasteiger partial charge in [0.15, 0.2) is 6.29 Å². The largest absolute Gasteiger partial charge is 0.296 e. The Balaban J connectivity index is 3.33. The maximum atomic E-state index is 11.5. The van der Waals surface area contributed by atoms with Crippen LogP contribution in [0, 0.1) is 0 Å². The van der Waals surface area contributed by atoms with Crippen molar-refractivity contribution in [2.24, 2.45) is 0 Å². The van der Waals surface area contributed by atoms with E-state index in [9.17, 15) is 13.2 Å². The molecule has 25 heavy (non-hydrogen) atoms. The molecule has 0 amide bonds. The third kappa shape index (κ3) is 17.7. The summed E-state index contributed by atoms with van der Waals surface area (Å²) < 4.78 is 27.5. The summed E-state index contributed by atoms with van der Waals surface area (Å²) in [5.74, 6) is -0.0375. The Morgan fingerprint density at radius 1 is 0.840 bits per heavy atom. The molecular formula is C19H37NO4S. The lowest BCUT2D eigenvalue weighted by molar-refractivity contribution is -0.105. The van der Waals surface area contributed by atoms with Crippen molar-refractivity contribution in [2.75, 3.05) is 5.75 Å². The first-order valence-corrected chi connectivity index (χ1v) is 11.4. The first-order chi connectivity index (χ1) is 12.0. The van der Waals surface area contributed by atoms with Crippen molar-refractivity contribution in [3.63, 3.8) is 0 Å². The lowest BCUT2D eigenvalue weighted by atomic mass is 10.0. The van der Waals surface area contributed by atoms with Gasteiger partial charge >= 0.3 is 0 Å². The molecule has 0 saturated heterocycles. The van der Waals surface area contributed by atoms with Crippen molar-refractivity contribution in [1.82, 2.24) is 5.48 Å². The quantitative estimate of drug-likeness (QED) is 0.148. The lowest BCUT2D eigenvalue weighted by Crippen LogP contribution is -2.22. The highest BCUT2D eigenvalue weighted by atomic mass is 32.2. The van der Waals surface area contributed by atoms with Crippen LogP contribution in [0.5, 0.6) is 0 Å². The van der Waals surface area contributed by atoms with Gasteiger partial charge in [-0.2, -0.15) is 12.7 Å². The normalized spacial score (nSPS) is 11.4. The van der Waals surface area contributed by atoms with Crippen LogP contribution in [-0.4, -0.2) is 20.5 Å². The van der Waals surface area contributed by atoms with Gasteiger partial charge in [0, 0.05) is 0 Å². The molecule has 0 radical (unpaired) electrons. The number of aldehydes is 1. The smallest absolute Gasteiger partial charge is 0.287 e. The van der Waals surface area contributed by atoms with Gasteiger partial charge in [-0.1, -0.05) is 97.0 Å². The Hall–Kier alpha value is -0.880. The molecule has 0 atom stereocenters. The molecule has 0 bridgehead atoms. The Kier molecular flexibility index (Phi) is 16.0. The van der Waals surface area contributed by atoms with Crippen LogP contribution in [0.1, 0.15) is 96.8 Å². The SMILES string of the molecule is C=C(C=O)NOS(=O)(=O)CCCCCCCCCCCCCCCC. The standard InChI is InChI=1S/C19H37NO4S/c1-3-4-5-6-7-8-9-10-11-12-13-14-15-16-17-25(22,23)24-20-19(2)18-21/h18,20H,2-17H2,1H3. The van der Waals surface area contributed by atoms with Crippen LogP contribution in [0.3, 0.4) is 0 Å². The van der Waals surface area contributed by atoms with E-state index in [4.69, 9.17) is 0 Å². The molecular weight excluding hydrogens is 338 g/mol. The summed E-state index contributed by atoms with van der Waals surface area (Å²) in [7, 11) is -3.63. The predicted octanol–water partition coefficient (Wildman–Crippen LogP) is 5.03. The van der Waals surface area contributed by atoms with Gasteiger partial charge in [-0.05, 0) is 6.42 Å². The molecule has 0 saturated carbocycles. The zero-order valence-electron chi connectivity index (χ0n) is 15.9. The molecule has 0 aliphatic carbocycles. The maximum absolute atomic E-state index is 11.5. The molecule has 0 rings (SSSR count). The number of unbranched alkanes of at least 4 members (excludes halogenated alkanes) is 13. The van der Waals surface area contributed by atoms with Crippen LogP contribution < -0.4 is 5.48 Å². The van der Waals surface area contributed by atoms with E-state index in [0.29, 0.717) is 12.7 Å². The summed E-state index contributed by atoms with van der Waals surface area (Å²) in [6, 6.07) is 0. The van der Waals surface area contributed by atoms with Gasteiger partial charge in [0.25, 0.3) is 10.1 Å². The number of carbonyl (C=O) groups is 1. The summed E-state index contributed by atoms with van der Waals surface area (Å²) in [6.45, 7) is 5.53. The molecule has 6 heteroatoms. The summed E-state index contributed by atoms with van der Waals surface area (Å²) >= 11 is 0. The molecule has 1 N–H and O–H groups in total. The van der Waals surface area contributed by atoms with Crippen LogP contribution >= 0.6 is 0 Å². The molecule has 0 aliphatic heterocycles. The van der Waals surface area contributed by atoms with E-state index >= 15 is 0 Å². The fourth-order valence-electron chi connectivity index (χ4n) is 2.66. The lowest BCUT2D eigenvalue weighted by Gasteiger charge is -2.06. The zero-order chi connectivity index (χ0) is 18.8. The minimum absolute atomic E-state index is 0.0375. The van der Waals surface area contributed by atoms with E-state index in [0.717, 1.165) is 19.3 Å². The van der Waals surface area contributed by atoms with E-state index in [2.05, 4.69) is 17.8 Å².